The number of nitrogens with zero attached hydrogens (tertiary/aromatic N) is 2. The first-order chi connectivity index (χ1) is 17.1. The second-order valence-corrected chi connectivity index (χ2v) is 8.82. The summed E-state index contributed by atoms with van der Waals surface area (Å²) in [5.41, 5.74) is -2.06. The molecule has 5 rings (SSSR count). The van der Waals surface area contributed by atoms with E-state index in [9.17, 15) is 27.2 Å². The van der Waals surface area contributed by atoms with E-state index in [1.165, 1.54) is 60.7 Å². The summed E-state index contributed by atoms with van der Waals surface area (Å²) < 4.78 is 55.6. The number of hydrogen-bond acceptors (Lipinski definition) is 3. The zero-order valence-corrected chi connectivity index (χ0v) is 19.1. The molecule has 0 aliphatic heterocycles. The van der Waals surface area contributed by atoms with Crippen LogP contribution in [0.4, 0.5) is 17.6 Å². The van der Waals surface area contributed by atoms with E-state index in [1.807, 2.05) is 0 Å². The van der Waals surface area contributed by atoms with Crippen LogP contribution in [0.5, 0.6) is 0 Å². The van der Waals surface area contributed by atoms with Gasteiger partial charge in [-0.1, -0.05) is 35.9 Å². The molecule has 0 atom stereocenters. The molecule has 1 aliphatic carbocycles. The SMILES string of the molecule is O=C(NC1(c2ccccc2C(F)(F)F)CC1)c1ccc(-n2nc(-c3c(F)cccc3Cl)[nH]c2=O)cc1. The fourth-order valence-corrected chi connectivity index (χ4v) is 4.37. The molecular weight excluding hydrogens is 500 g/mol. The minimum absolute atomic E-state index is 0.0323. The summed E-state index contributed by atoms with van der Waals surface area (Å²) in [6.07, 6.45) is -3.77. The van der Waals surface area contributed by atoms with Crippen LogP contribution < -0.4 is 11.0 Å². The van der Waals surface area contributed by atoms with E-state index in [2.05, 4.69) is 15.4 Å². The van der Waals surface area contributed by atoms with Crippen molar-refractivity contribution in [1.29, 1.82) is 0 Å². The molecule has 11 heteroatoms. The van der Waals surface area contributed by atoms with Crippen LogP contribution in [0.2, 0.25) is 5.02 Å². The first-order valence-electron chi connectivity index (χ1n) is 10.8. The van der Waals surface area contributed by atoms with E-state index in [-0.39, 0.29) is 33.2 Å². The predicted octanol–water partition coefficient (Wildman–Crippen LogP) is 5.46. The van der Waals surface area contributed by atoms with E-state index in [0.29, 0.717) is 12.8 Å². The van der Waals surface area contributed by atoms with E-state index < -0.39 is 34.7 Å². The van der Waals surface area contributed by atoms with Crippen LogP contribution in [0, 0.1) is 5.82 Å². The average molecular weight is 517 g/mol. The van der Waals surface area contributed by atoms with Crippen molar-refractivity contribution in [2.75, 3.05) is 0 Å². The topological polar surface area (TPSA) is 79.8 Å². The Morgan fingerprint density at radius 3 is 2.36 bits per heavy atom. The van der Waals surface area contributed by atoms with Gasteiger partial charge in [-0.25, -0.2) is 9.18 Å². The van der Waals surface area contributed by atoms with Gasteiger partial charge in [-0.3, -0.25) is 9.78 Å². The minimum atomic E-state index is -4.54. The van der Waals surface area contributed by atoms with Crippen molar-refractivity contribution in [3.63, 3.8) is 0 Å². The highest BCUT2D eigenvalue weighted by Crippen LogP contribution is 2.49. The maximum atomic E-state index is 14.2. The van der Waals surface area contributed by atoms with Gasteiger partial charge < -0.3 is 5.32 Å². The number of benzene rings is 3. The molecule has 0 bridgehead atoms. The van der Waals surface area contributed by atoms with Crippen molar-refractivity contribution >= 4 is 17.5 Å². The number of nitrogens with one attached hydrogen (secondary N) is 2. The molecule has 1 aliphatic rings. The standard InChI is InChI=1S/C25H17ClF4N4O2/c26-18-6-3-7-19(27)20(18)21-31-23(36)34(33-21)15-10-8-14(9-11-15)22(35)32-24(12-13-24)16-4-1-2-5-17(16)25(28,29)30/h1-11H,12-13H2,(H,32,35)(H,31,33,36). The summed E-state index contributed by atoms with van der Waals surface area (Å²) >= 11 is 6.05. The van der Waals surface area contributed by atoms with Gasteiger partial charge in [0, 0.05) is 5.56 Å². The molecule has 1 heterocycles. The van der Waals surface area contributed by atoms with Crippen molar-refractivity contribution in [2.24, 2.45) is 0 Å². The summed E-state index contributed by atoms with van der Waals surface area (Å²) in [6, 6.07) is 15.0. The van der Waals surface area contributed by atoms with Crippen LogP contribution in [0.1, 0.15) is 34.3 Å². The van der Waals surface area contributed by atoms with Gasteiger partial charge in [-0.05, 0) is 60.9 Å². The maximum absolute atomic E-state index is 14.2. The van der Waals surface area contributed by atoms with Crippen molar-refractivity contribution in [2.45, 2.75) is 24.6 Å². The first-order valence-corrected chi connectivity index (χ1v) is 11.2. The van der Waals surface area contributed by atoms with Crippen molar-refractivity contribution in [1.82, 2.24) is 20.1 Å². The van der Waals surface area contributed by atoms with Gasteiger partial charge in [0.1, 0.15) is 5.82 Å². The number of alkyl halides is 3. The Kier molecular flexibility index (Phi) is 5.71. The third kappa shape index (κ3) is 4.28. The smallest absolute Gasteiger partial charge is 0.343 e. The number of halogens is 5. The molecular formula is C25H17ClF4N4O2. The largest absolute Gasteiger partial charge is 0.416 e. The highest BCUT2D eigenvalue weighted by molar-refractivity contribution is 6.33. The Hall–Kier alpha value is -3.92. The Morgan fingerprint density at radius 1 is 1.03 bits per heavy atom. The predicted molar refractivity (Wildman–Crippen MR) is 124 cm³/mol. The number of amides is 1. The van der Waals surface area contributed by atoms with Crippen molar-refractivity contribution in [3.8, 4) is 17.1 Å². The molecule has 36 heavy (non-hydrogen) atoms. The monoisotopic (exact) mass is 516 g/mol. The zero-order chi connectivity index (χ0) is 25.7. The van der Waals surface area contributed by atoms with Gasteiger partial charge >= 0.3 is 11.9 Å². The van der Waals surface area contributed by atoms with Crippen LogP contribution >= 0.6 is 11.6 Å². The van der Waals surface area contributed by atoms with E-state index in [0.717, 1.165) is 10.7 Å². The van der Waals surface area contributed by atoms with Gasteiger partial charge in [-0.2, -0.15) is 17.9 Å². The molecule has 6 nitrogen and oxygen atoms in total. The third-order valence-corrected chi connectivity index (χ3v) is 6.36. The fraction of sp³-hybridized carbons (Fsp3) is 0.160. The number of hydrogen-bond donors (Lipinski definition) is 2. The molecule has 1 saturated carbocycles. The number of rotatable bonds is 5. The summed E-state index contributed by atoms with van der Waals surface area (Å²) in [5, 5.41) is 6.91. The van der Waals surface area contributed by atoms with Crippen molar-refractivity contribution in [3.05, 3.63) is 105 Å². The molecule has 3 aromatic carbocycles. The number of H-pyrrole nitrogens is 1. The Bertz CT molecular complexity index is 1500. The quantitative estimate of drug-likeness (QED) is 0.346. The molecule has 2 N–H and O–H groups in total. The summed E-state index contributed by atoms with van der Waals surface area (Å²) in [4.78, 5) is 27.8. The van der Waals surface area contributed by atoms with Gasteiger partial charge in [0.25, 0.3) is 5.91 Å². The molecule has 0 radical (unpaired) electrons. The fourth-order valence-electron chi connectivity index (χ4n) is 4.11. The molecule has 1 aromatic heterocycles. The average Bonchev–Trinajstić information content (AvgIpc) is 3.52. The summed E-state index contributed by atoms with van der Waals surface area (Å²) in [7, 11) is 0. The van der Waals surface area contributed by atoms with E-state index in [1.54, 1.807) is 0 Å². The summed E-state index contributed by atoms with van der Waals surface area (Å²) in [5.74, 6) is -1.27. The highest BCUT2D eigenvalue weighted by Gasteiger charge is 2.50. The maximum Gasteiger partial charge on any atom is 0.416 e. The van der Waals surface area contributed by atoms with Crippen LogP contribution in [-0.2, 0) is 11.7 Å². The Balaban J connectivity index is 1.39. The van der Waals surface area contributed by atoms with E-state index >= 15 is 0 Å². The lowest BCUT2D eigenvalue weighted by Gasteiger charge is -2.22. The number of carbonyl (C=O) groups is 1. The second kappa shape index (κ2) is 8.63. The Morgan fingerprint density at radius 2 is 1.72 bits per heavy atom. The minimum Gasteiger partial charge on any atom is -0.343 e. The molecule has 0 unspecified atom stereocenters. The molecule has 1 fully saturated rings. The molecule has 0 spiro atoms. The van der Waals surface area contributed by atoms with Crippen LogP contribution in [0.3, 0.4) is 0 Å². The zero-order valence-electron chi connectivity index (χ0n) is 18.4. The highest BCUT2D eigenvalue weighted by atomic mass is 35.5. The normalized spacial score (nSPS) is 14.5. The molecule has 1 amide bonds. The number of aromatic nitrogens is 3. The van der Waals surface area contributed by atoms with Gasteiger partial charge in [0.2, 0.25) is 0 Å². The number of aromatic amines is 1. The van der Waals surface area contributed by atoms with Crippen molar-refractivity contribution < 1.29 is 22.4 Å². The molecule has 184 valence electrons. The molecule has 0 saturated heterocycles. The van der Waals surface area contributed by atoms with Crippen LogP contribution in [0.15, 0.2) is 71.5 Å². The van der Waals surface area contributed by atoms with Gasteiger partial charge in [-0.15, -0.1) is 5.10 Å². The lowest BCUT2D eigenvalue weighted by atomic mass is 9.97. The van der Waals surface area contributed by atoms with E-state index in [4.69, 9.17) is 11.6 Å². The van der Waals surface area contributed by atoms with Gasteiger partial charge in [0.15, 0.2) is 5.82 Å². The van der Waals surface area contributed by atoms with Gasteiger partial charge in [0.05, 0.1) is 27.4 Å². The second-order valence-electron chi connectivity index (χ2n) is 8.41. The third-order valence-electron chi connectivity index (χ3n) is 6.04. The first kappa shape index (κ1) is 23.8. The lowest BCUT2D eigenvalue weighted by Crippen LogP contribution is -2.36. The summed E-state index contributed by atoms with van der Waals surface area (Å²) in [6.45, 7) is 0. The molecule has 4 aromatic rings. The lowest BCUT2D eigenvalue weighted by molar-refractivity contribution is -0.138. The Labute approximate surface area is 206 Å². The number of carbonyl (C=O) groups excluding carboxylic acids is 1. The van der Waals surface area contributed by atoms with Crippen LogP contribution in [0.25, 0.3) is 17.1 Å². The van der Waals surface area contributed by atoms with Crippen LogP contribution in [-0.4, -0.2) is 20.7 Å².